The van der Waals surface area contributed by atoms with Crippen LogP contribution in [-0.2, 0) is 6.54 Å². The van der Waals surface area contributed by atoms with Crippen molar-refractivity contribution < 1.29 is 4.74 Å². The van der Waals surface area contributed by atoms with E-state index in [1.165, 1.54) is 45.8 Å². The Bertz CT molecular complexity index is 1510. The fourth-order valence-electron chi connectivity index (χ4n) is 4.91. The molecule has 0 aliphatic rings. The van der Waals surface area contributed by atoms with E-state index in [0.717, 1.165) is 41.4 Å². The fourth-order valence-corrected chi connectivity index (χ4v) is 5.90. The summed E-state index contributed by atoms with van der Waals surface area (Å²) in [5.74, 6) is 0.928. The lowest BCUT2D eigenvalue weighted by atomic mass is 10.2. The Morgan fingerprint density at radius 1 is 0.657 bits per heavy atom. The van der Waals surface area contributed by atoms with Crippen LogP contribution in [0.4, 0.5) is 0 Å². The average Bonchev–Trinajstić information content (AvgIpc) is 3.48. The van der Waals surface area contributed by atoms with E-state index in [-0.39, 0.29) is 0 Å². The molecular formula is C31H28N2OS. The van der Waals surface area contributed by atoms with Crippen molar-refractivity contribution in [3.8, 4) is 16.3 Å². The molecule has 0 saturated heterocycles. The second kappa shape index (κ2) is 9.93. The molecule has 0 aliphatic heterocycles. The molecule has 0 atom stereocenters. The number of fused-ring (bicyclic) bond motifs is 4. The third-order valence-electron chi connectivity index (χ3n) is 6.62. The van der Waals surface area contributed by atoms with E-state index in [0.29, 0.717) is 0 Å². The van der Waals surface area contributed by atoms with Crippen LogP contribution in [0.1, 0.15) is 25.7 Å². The molecule has 3 nitrogen and oxygen atoms in total. The van der Waals surface area contributed by atoms with Crippen LogP contribution in [0.3, 0.4) is 0 Å². The Hall–Kier alpha value is -3.63. The summed E-state index contributed by atoms with van der Waals surface area (Å²) in [7, 11) is 0. The van der Waals surface area contributed by atoms with Crippen molar-refractivity contribution in [1.29, 1.82) is 0 Å². The van der Waals surface area contributed by atoms with E-state index >= 15 is 0 Å². The van der Waals surface area contributed by atoms with E-state index in [1.54, 1.807) is 11.3 Å². The summed E-state index contributed by atoms with van der Waals surface area (Å²) in [6.45, 7) is 1.78. The van der Waals surface area contributed by atoms with Gasteiger partial charge in [0.05, 0.1) is 22.4 Å². The van der Waals surface area contributed by atoms with Crippen LogP contribution < -0.4 is 4.74 Å². The highest BCUT2D eigenvalue weighted by atomic mass is 32.1. The van der Waals surface area contributed by atoms with E-state index in [9.17, 15) is 0 Å². The van der Waals surface area contributed by atoms with Gasteiger partial charge in [-0.3, -0.25) is 0 Å². The van der Waals surface area contributed by atoms with Crippen molar-refractivity contribution in [1.82, 2.24) is 9.55 Å². The Labute approximate surface area is 209 Å². The first-order valence-corrected chi connectivity index (χ1v) is 13.2. The van der Waals surface area contributed by atoms with Gasteiger partial charge in [0.25, 0.3) is 0 Å². The molecule has 2 aromatic heterocycles. The van der Waals surface area contributed by atoms with Crippen molar-refractivity contribution in [2.24, 2.45) is 0 Å². The molecule has 0 unspecified atom stereocenters. The average molecular weight is 477 g/mol. The predicted octanol–water partition coefficient (Wildman–Crippen LogP) is 8.71. The third-order valence-corrected chi connectivity index (χ3v) is 7.69. The van der Waals surface area contributed by atoms with Gasteiger partial charge in [0.2, 0.25) is 0 Å². The summed E-state index contributed by atoms with van der Waals surface area (Å²) in [6, 6.07) is 34.1. The van der Waals surface area contributed by atoms with Crippen LogP contribution in [0.15, 0.2) is 97.1 Å². The lowest BCUT2D eigenvalue weighted by Gasteiger charge is -2.10. The highest BCUT2D eigenvalue weighted by Crippen LogP contribution is 2.35. The second-order valence-electron chi connectivity index (χ2n) is 8.93. The zero-order chi connectivity index (χ0) is 23.5. The lowest BCUT2D eigenvalue weighted by molar-refractivity contribution is 0.305. The number of thiazole rings is 1. The maximum atomic E-state index is 6.22. The SMILES string of the molecule is c1ccc(-c2nc3ccccc3s2)c(OCCCCCCn2c3ccccc3c3ccccc32)c1. The van der Waals surface area contributed by atoms with Crippen LogP contribution in [-0.4, -0.2) is 16.2 Å². The quantitative estimate of drug-likeness (QED) is 0.195. The summed E-state index contributed by atoms with van der Waals surface area (Å²) in [5, 5.41) is 3.72. The highest BCUT2D eigenvalue weighted by molar-refractivity contribution is 7.21. The summed E-state index contributed by atoms with van der Waals surface area (Å²) in [4.78, 5) is 4.82. The Balaban J connectivity index is 1.04. The van der Waals surface area contributed by atoms with Gasteiger partial charge >= 0.3 is 0 Å². The normalized spacial score (nSPS) is 11.5. The number of hydrogen-bond acceptors (Lipinski definition) is 3. The van der Waals surface area contributed by atoms with Crippen molar-refractivity contribution in [2.75, 3.05) is 6.61 Å². The molecule has 6 aromatic rings. The van der Waals surface area contributed by atoms with Crippen LogP contribution in [0, 0.1) is 0 Å². The van der Waals surface area contributed by atoms with Crippen LogP contribution in [0.5, 0.6) is 5.75 Å². The maximum Gasteiger partial charge on any atom is 0.129 e. The zero-order valence-electron chi connectivity index (χ0n) is 19.7. The number of nitrogens with zero attached hydrogens (tertiary/aromatic N) is 2. The molecular weight excluding hydrogens is 448 g/mol. The first-order valence-electron chi connectivity index (χ1n) is 12.4. The van der Waals surface area contributed by atoms with Gasteiger partial charge < -0.3 is 9.30 Å². The number of unbranched alkanes of at least 4 members (excludes halogenated alkanes) is 3. The smallest absolute Gasteiger partial charge is 0.129 e. The molecule has 2 heterocycles. The number of benzene rings is 4. The van der Waals surface area contributed by atoms with E-state index in [1.807, 2.05) is 12.1 Å². The topological polar surface area (TPSA) is 27.1 Å². The molecule has 4 heteroatoms. The number of aromatic nitrogens is 2. The minimum atomic E-state index is 0.733. The predicted molar refractivity (Wildman–Crippen MR) is 148 cm³/mol. The Kier molecular flexibility index (Phi) is 6.20. The van der Waals surface area contributed by atoms with Crippen LogP contribution in [0.2, 0.25) is 0 Å². The zero-order valence-corrected chi connectivity index (χ0v) is 20.5. The number of rotatable bonds is 9. The summed E-state index contributed by atoms with van der Waals surface area (Å²) in [6.07, 6.45) is 4.59. The molecule has 0 spiro atoms. The van der Waals surface area contributed by atoms with Gasteiger partial charge in [-0.1, -0.05) is 73.5 Å². The summed E-state index contributed by atoms with van der Waals surface area (Å²) in [5.41, 5.74) is 4.80. The third kappa shape index (κ3) is 4.42. The van der Waals surface area contributed by atoms with E-state index < -0.39 is 0 Å². The van der Waals surface area contributed by atoms with Gasteiger partial charge in [0.1, 0.15) is 10.8 Å². The number of para-hydroxylation sites is 4. The molecule has 174 valence electrons. The minimum Gasteiger partial charge on any atom is -0.493 e. The van der Waals surface area contributed by atoms with Gasteiger partial charge in [0, 0.05) is 28.4 Å². The number of hydrogen-bond donors (Lipinski definition) is 0. The Morgan fingerprint density at radius 2 is 1.31 bits per heavy atom. The standard InChI is InChI=1S/C31H28N2OS/c1(11-21-33-27-17-7-3-13-23(27)24-14-4-8-18-28(24)33)2-12-22-34-29-19-9-5-15-25(29)31-32-26-16-6-10-20-30(26)35-31/h3-10,13-20H,1-2,11-12,21-22H2. The molecule has 0 bridgehead atoms. The highest BCUT2D eigenvalue weighted by Gasteiger charge is 2.11. The summed E-state index contributed by atoms with van der Waals surface area (Å²) < 4.78 is 9.91. The Morgan fingerprint density at radius 3 is 2.11 bits per heavy atom. The number of ether oxygens (including phenoxy) is 1. The fraction of sp³-hybridized carbons (Fsp3) is 0.194. The molecule has 35 heavy (non-hydrogen) atoms. The summed E-state index contributed by atoms with van der Waals surface area (Å²) >= 11 is 1.72. The molecule has 0 saturated carbocycles. The van der Waals surface area contributed by atoms with E-state index in [2.05, 4.69) is 89.5 Å². The molecule has 0 N–H and O–H groups in total. The first kappa shape index (κ1) is 21.9. The maximum absolute atomic E-state index is 6.22. The van der Waals surface area contributed by atoms with Crippen molar-refractivity contribution >= 4 is 43.4 Å². The van der Waals surface area contributed by atoms with Gasteiger partial charge in [-0.05, 0) is 49.2 Å². The van der Waals surface area contributed by atoms with E-state index in [4.69, 9.17) is 9.72 Å². The van der Waals surface area contributed by atoms with Crippen molar-refractivity contribution in [2.45, 2.75) is 32.2 Å². The lowest BCUT2D eigenvalue weighted by Crippen LogP contribution is -2.00. The molecule has 0 aliphatic carbocycles. The van der Waals surface area contributed by atoms with Gasteiger partial charge in [-0.2, -0.15) is 0 Å². The molecule has 4 aromatic carbocycles. The largest absolute Gasteiger partial charge is 0.493 e. The monoisotopic (exact) mass is 476 g/mol. The minimum absolute atomic E-state index is 0.733. The second-order valence-corrected chi connectivity index (χ2v) is 9.96. The van der Waals surface area contributed by atoms with Crippen molar-refractivity contribution in [3.63, 3.8) is 0 Å². The molecule has 0 amide bonds. The van der Waals surface area contributed by atoms with Gasteiger partial charge in [-0.25, -0.2) is 4.98 Å². The molecule has 0 fully saturated rings. The van der Waals surface area contributed by atoms with Crippen molar-refractivity contribution in [3.05, 3.63) is 97.1 Å². The van der Waals surface area contributed by atoms with Crippen LogP contribution >= 0.6 is 11.3 Å². The number of aryl methyl sites for hydroxylation is 1. The van der Waals surface area contributed by atoms with Crippen LogP contribution in [0.25, 0.3) is 42.6 Å². The molecule has 6 rings (SSSR count). The molecule has 0 radical (unpaired) electrons. The van der Waals surface area contributed by atoms with Gasteiger partial charge in [-0.15, -0.1) is 11.3 Å². The first-order chi connectivity index (χ1) is 17.4. The van der Waals surface area contributed by atoms with Gasteiger partial charge in [0.15, 0.2) is 0 Å².